The molecule has 5 nitrogen and oxygen atoms in total. The van der Waals surface area contributed by atoms with Gasteiger partial charge in [-0.3, -0.25) is 9.59 Å². The van der Waals surface area contributed by atoms with Crippen molar-refractivity contribution in [2.24, 2.45) is 11.0 Å². The number of carbonyl (C=O) groups is 2. The number of hydrogen-bond acceptors (Lipinski definition) is 3. The Morgan fingerprint density at radius 1 is 1.25 bits per heavy atom. The Bertz CT molecular complexity index is 839. The monoisotopic (exact) mass is 345 g/mol. The highest BCUT2D eigenvalue weighted by molar-refractivity contribution is 6.31. The lowest BCUT2D eigenvalue weighted by Crippen LogP contribution is -2.36. The first kappa shape index (κ1) is 16.1. The number of para-hydroxylation sites is 1. The third kappa shape index (κ3) is 3.00. The molecule has 0 saturated carbocycles. The van der Waals surface area contributed by atoms with Crippen LogP contribution in [0.25, 0.3) is 0 Å². The van der Waals surface area contributed by atoms with Gasteiger partial charge in [0.25, 0.3) is 5.91 Å². The lowest BCUT2D eigenvalue weighted by atomic mass is 10.0. The molecule has 1 atom stereocenters. The Morgan fingerprint density at radius 2 is 1.96 bits per heavy atom. The van der Waals surface area contributed by atoms with Gasteiger partial charge in [-0.05, 0) is 37.3 Å². The fourth-order valence-corrected chi connectivity index (χ4v) is 2.59. The van der Waals surface area contributed by atoms with Crippen molar-refractivity contribution in [1.82, 2.24) is 0 Å². The molecule has 24 heavy (non-hydrogen) atoms. The molecule has 0 fully saturated rings. The summed E-state index contributed by atoms with van der Waals surface area (Å²) in [6.45, 7) is 1.61. The number of nitrogens with one attached hydrogen (secondary N) is 1. The molecule has 0 aromatic heterocycles. The van der Waals surface area contributed by atoms with Crippen LogP contribution in [0.2, 0.25) is 5.02 Å². The van der Waals surface area contributed by atoms with Crippen LogP contribution < -0.4 is 10.3 Å². The number of nitrogens with zero attached hydrogens (tertiary/aromatic N) is 2. The number of amides is 2. The van der Waals surface area contributed by atoms with Crippen LogP contribution in [0.4, 0.5) is 15.8 Å². The zero-order chi connectivity index (χ0) is 17.3. The van der Waals surface area contributed by atoms with Crippen molar-refractivity contribution in [2.75, 3.05) is 10.3 Å². The molecule has 2 amide bonds. The van der Waals surface area contributed by atoms with Crippen LogP contribution in [-0.4, -0.2) is 17.5 Å². The molecule has 0 radical (unpaired) electrons. The van der Waals surface area contributed by atoms with Gasteiger partial charge in [-0.2, -0.15) is 10.1 Å². The number of hydrogen-bond donors (Lipinski definition) is 1. The van der Waals surface area contributed by atoms with Gasteiger partial charge in [-0.15, -0.1) is 0 Å². The highest BCUT2D eigenvalue weighted by atomic mass is 35.5. The molecule has 0 spiro atoms. The van der Waals surface area contributed by atoms with Crippen LogP contribution in [0.5, 0.6) is 0 Å². The number of anilines is 2. The van der Waals surface area contributed by atoms with Gasteiger partial charge < -0.3 is 5.32 Å². The Hall–Kier alpha value is -2.73. The fourth-order valence-electron chi connectivity index (χ4n) is 2.41. The zero-order valence-corrected chi connectivity index (χ0v) is 13.4. The van der Waals surface area contributed by atoms with Gasteiger partial charge in [0.05, 0.1) is 16.4 Å². The van der Waals surface area contributed by atoms with Gasteiger partial charge in [0.15, 0.2) is 5.92 Å². The van der Waals surface area contributed by atoms with Crippen molar-refractivity contribution < 1.29 is 14.0 Å². The minimum atomic E-state index is -1.03. The largest absolute Gasteiger partial charge is 0.325 e. The molecule has 1 aliphatic heterocycles. The SMILES string of the molecule is CC1=NN(c2ccccc2)C(=O)C1C(=O)Nc1ccc(F)c(Cl)c1. The predicted molar refractivity (Wildman–Crippen MR) is 90.6 cm³/mol. The summed E-state index contributed by atoms with van der Waals surface area (Å²) in [5.74, 6) is -2.60. The third-order valence-corrected chi connectivity index (χ3v) is 3.87. The second-order valence-corrected chi connectivity index (χ2v) is 5.69. The number of carbonyl (C=O) groups excluding carboxylic acids is 2. The summed E-state index contributed by atoms with van der Waals surface area (Å²) in [6.07, 6.45) is 0. The molecular weight excluding hydrogens is 333 g/mol. The van der Waals surface area contributed by atoms with E-state index in [9.17, 15) is 14.0 Å². The topological polar surface area (TPSA) is 61.8 Å². The zero-order valence-electron chi connectivity index (χ0n) is 12.7. The molecule has 1 aliphatic rings. The van der Waals surface area contributed by atoms with Crippen LogP contribution >= 0.6 is 11.6 Å². The summed E-state index contributed by atoms with van der Waals surface area (Å²) < 4.78 is 13.2. The van der Waals surface area contributed by atoms with Gasteiger partial charge in [-0.1, -0.05) is 29.8 Å². The van der Waals surface area contributed by atoms with E-state index in [1.165, 1.54) is 17.1 Å². The molecule has 0 saturated heterocycles. The van der Waals surface area contributed by atoms with Gasteiger partial charge in [0, 0.05) is 5.69 Å². The Morgan fingerprint density at radius 3 is 2.62 bits per heavy atom. The van der Waals surface area contributed by atoms with Gasteiger partial charge in [-0.25, -0.2) is 4.39 Å². The van der Waals surface area contributed by atoms with Crippen LogP contribution in [-0.2, 0) is 9.59 Å². The van der Waals surface area contributed by atoms with Crippen LogP contribution in [0, 0.1) is 11.7 Å². The predicted octanol–water partition coefficient (Wildman–Crippen LogP) is 3.46. The second-order valence-electron chi connectivity index (χ2n) is 5.28. The molecular formula is C17H13ClFN3O2. The quantitative estimate of drug-likeness (QED) is 0.866. The maximum atomic E-state index is 13.2. The van der Waals surface area contributed by atoms with E-state index in [0.717, 1.165) is 6.07 Å². The summed E-state index contributed by atoms with van der Waals surface area (Å²) >= 11 is 5.69. The first-order valence-corrected chi connectivity index (χ1v) is 7.55. The molecule has 1 unspecified atom stereocenters. The van der Waals surface area contributed by atoms with Crippen molar-refractivity contribution in [2.45, 2.75) is 6.92 Å². The average Bonchev–Trinajstić information content (AvgIpc) is 2.86. The van der Waals surface area contributed by atoms with Crippen molar-refractivity contribution in [3.05, 3.63) is 59.4 Å². The third-order valence-electron chi connectivity index (χ3n) is 3.58. The molecule has 1 N–H and O–H groups in total. The van der Waals surface area contributed by atoms with E-state index in [1.807, 2.05) is 6.07 Å². The minimum absolute atomic E-state index is 0.109. The van der Waals surface area contributed by atoms with E-state index < -0.39 is 23.5 Å². The van der Waals surface area contributed by atoms with E-state index in [1.54, 1.807) is 31.2 Å². The number of rotatable bonds is 3. The van der Waals surface area contributed by atoms with Crippen molar-refractivity contribution in [3.8, 4) is 0 Å². The normalized spacial score (nSPS) is 17.0. The first-order chi connectivity index (χ1) is 11.5. The summed E-state index contributed by atoms with van der Waals surface area (Å²) in [7, 11) is 0. The molecule has 2 aromatic carbocycles. The Balaban J connectivity index is 1.79. The molecule has 122 valence electrons. The van der Waals surface area contributed by atoms with Crippen molar-refractivity contribution >= 4 is 40.5 Å². The van der Waals surface area contributed by atoms with Crippen LogP contribution in [0.1, 0.15) is 6.92 Å². The van der Waals surface area contributed by atoms with Crippen LogP contribution in [0.15, 0.2) is 53.6 Å². The highest BCUT2D eigenvalue weighted by Gasteiger charge is 2.39. The van der Waals surface area contributed by atoms with Crippen LogP contribution in [0.3, 0.4) is 0 Å². The summed E-state index contributed by atoms with van der Waals surface area (Å²) in [6, 6.07) is 12.6. The van der Waals surface area contributed by atoms with E-state index in [-0.39, 0.29) is 5.02 Å². The lowest BCUT2D eigenvalue weighted by molar-refractivity contribution is -0.127. The van der Waals surface area contributed by atoms with E-state index in [4.69, 9.17) is 11.6 Å². The van der Waals surface area contributed by atoms with Crippen molar-refractivity contribution in [3.63, 3.8) is 0 Å². The van der Waals surface area contributed by atoms with E-state index in [2.05, 4.69) is 10.4 Å². The maximum Gasteiger partial charge on any atom is 0.265 e. The smallest absolute Gasteiger partial charge is 0.265 e. The average molecular weight is 346 g/mol. The Kier molecular flexibility index (Phi) is 4.31. The van der Waals surface area contributed by atoms with E-state index in [0.29, 0.717) is 17.1 Å². The number of hydrazone groups is 1. The molecule has 7 heteroatoms. The summed E-state index contributed by atoms with van der Waals surface area (Å²) in [4.78, 5) is 25.0. The van der Waals surface area contributed by atoms with E-state index >= 15 is 0 Å². The molecule has 0 aliphatic carbocycles. The first-order valence-electron chi connectivity index (χ1n) is 7.17. The summed E-state index contributed by atoms with van der Waals surface area (Å²) in [5, 5.41) is 7.83. The lowest BCUT2D eigenvalue weighted by Gasteiger charge is -2.14. The summed E-state index contributed by atoms with van der Waals surface area (Å²) in [5.41, 5.74) is 1.28. The van der Waals surface area contributed by atoms with Gasteiger partial charge in [0.1, 0.15) is 5.82 Å². The molecule has 3 rings (SSSR count). The Labute approximate surface area is 142 Å². The fraction of sp³-hybridized carbons (Fsp3) is 0.118. The standard InChI is InChI=1S/C17H13ClFN3O2/c1-10-15(16(23)20-11-7-8-14(19)13(18)9-11)17(24)22(21-10)12-5-3-2-4-6-12/h2-9,15H,1H3,(H,20,23). The molecule has 0 bridgehead atoms. The minimum Gasteiger partial charge on any atom is -0.325 e. The maximum absolute atomic E-state index is 13.2. The molecule has 1 heterocycles. The van der Waals surface area contributed by atoms with Gasteiger partial charge >= 0.3 is 0 Å². The molecule has 2 aromatic rings. The van der Waals surface area contributed by atoms with Gasteiger partial charge in [0.2, 0.25) is 5.91 Å². The number of benzene rings is 2. The second kappa shape index (κ2) is 6.41. The van der Waals surface area contributed by atoms with Crippen molar-refractivity contribution in [1.29, 1.82) is 0 Å². The number of halogens is 2. The highest BCUT2D eigenvalue weighted by Crippen LogP contribution is 2.25.